The molecule has 4 aromatic carbocycles. The number of amides is 1. The minimum absolute atomic E-state index is 0.0126. The number of anilines is 3. The summed E-state index contributed by atoms with van der Waals surface area (Å²) in [5.41, 5.74) is 2.65. The van der Waals surface area contributed by atoms with Crippen LogP contribution in [0.15, 0.2) is 101 Å². The molecule has 0 aliphatic rings. The molecule has 0 aromatic heterocycles. The molecule has 0 radical (unpaired) electrons. The molecule has 0 bridgehead atoms. The number of hydrogen-bond donors (Lipinski definition) is 3. The van der Waals surface area contributed by atoms with Gasteiger partial charge in [0.25, 0.3) is 26.0 Å². The monoisotopic (exact) mass is 569 g/mol. The molecule has 196 valence electrons. The minimum atomic E-state index is -3.95. The van der Waals surface area contributed by atoms with Crippen LogP contribution in [0.25, 0.3) is 0 Å². The Morgan fingerprint density at radius 3 is 1.97 bits per heavy atom. The third-order valence-electron chi connectivity index (χ3n) is 5.54. The summed E-state index contributed by atoms with van der Waals surface area (Å²) in [7, 11) is -7.83. The number of benzene rings is 4. The zero-order valence-corrected chi connectivity index (χ0v) is 22.8. The van der Waals surface area contributed by atoms with Gasteiger partial charge in [-0.05, 0) is 86.1 Å². The molecule has 38 heavy (non-hydrogen) atoms. The van der Waals surface area contributed by atoms with Crippen molar-refractivity contribution in [3.63, 3.8) is 0 Å². The standard InChI is InChI=1S/C27H24ClN3O5S2/c1-18-6-10-23(11-7-18)30-38(35,36)26-16-20(9-8-19(26)2)27(32)29-22-12-14-25(15-13-22)37(33,34)31-24-5-3-4-21(28)17-24/h3-17,30-31H,1-2H3,(H,29,32). The van der Waals surface area contributed by atoms with E-state index in [1.165, 1.54) is 42.5 Å². The lowest BCUT2D eigenvalue weighted by molar-refractivity contribution is 0.102. The lowest BCUT2D eigenvalue weighted by atomic mass is 10.1. The maximum Gasteiger partial charge on any atom is 0.262 e. The molecule has 0 spiro atoms. The number of sulfonamides is 2. The first-order valence-corrected chi connectivity index (χ1v) is 14.7. The maximum absolute atomic E-state index is 13.0. The van der Waals surface area contributed by atoms with E-state index in [1.54, 1.807) is 55.5 Å². The number of hydrogen-bond acceptors (Lipinski definition) is 5. The van der Waals surface area contributed by atoms with Crippen molar-refractivity contribution in [1.29, 1.82) is 0 Å². The van der Waals surface area contributed by atoms with E-state index in [9.17, 15) is 21.6 Å². The summed E-state index contributed by atoms with van der Waals surface area (Å²) >= 11 is 5.91. The molecular weight excluding hydrogens is 546 g/mol. The lowest BCUT2D eigenvalue weighted by Crippen LogP contribution is -2.17. The maximum atomic E-state index is 13.0. The van der Waals surface area contributed by atoms with Crippen molar-refractivity contribution < 1.29 is 21.6 Å². The van der Waals surface area contributed by atoms with E-state index in [4.69, 9.17) is 11.6 Å². The van der Waals surface area contributed by atoms with Crippen LogP contribution in [0.3, 0.4) is 0 Å². The van der Waals surface area contributed by atoms with Crippen LogP contribution in [-0.2, 0) is 20.0 Å². The Kier molecular flexibility index (Phi) is 7.77. The Balaban J connectivity index is 1.49. The Morgan fingerprint density at radius 1 is 0.684 bits per heavy atom. The lowest BCUT2D eigenvalue weighted by Gasteiger charge is -2.13. The molecule has 0 aliphatic carbocycles. The third-order valence-corrected chi connectivity index (χ3v) is 8.70. The van der Waals surface area contributed by atoms with Gasteiger partial charge in [-0.3, -0.25) is 14.2 Å². The van der Waals surface area contributed by atoms with Gasteiger partial charge in [-0.25, -0.2) is 16.8 Å². The molecule has 8 nitrogen and oxygen atoms in total. The molecule has 0 heterocycles. The predicted octanol–water partition coefficient (Wildman–Crippen LogP) is 5.81. The zero-order chi connectivity index (χ0) is 27.5. The highest BCUT2D eigenvalue weighted by atomic mass is 35.5. The van der Waals surface area contributed by atoms with Crippen molar-refractivity contribution in [2.45, 2.75) is 23.6 Å². The summed E-state index contributed by atoms with van der Waals surface area (Å²) in [5, 5.41) is 3.05. The van der Waals surface area contributed by atoms with Crippen LogP contribution in [-0.4, -0.2) is 22.7 Å². The Labute approximate surface area is 226 Å². The number of nitrogens with one attached hydrogen (secondary N) is 3. The quantitative estimate of drug-likeness (QED) is 0.247. The van der Waals surface area contributed by atoms with Crippen molar-refractivity contribution in [3.05, 3.63) is 113 Å². The fraction of sp³-hybridized carbons (Fsp3) is 0.0741. The van der Waals surface area contributed by atoms with Crippen LogP contribution < -0.4 is 14.8 Å². The average molecular weight is 570 g/mol. The van der Waals surface area contributed by atoms with Gasteiger partial charge in [-0.15, -0.1) is 0 Å². The van der Waals surface area contributed by atoms with E-state index in [0.717, 1.165) is 5.56 Å². The number of rotatable bonds is 8. The van der Waals surface area contributed by atoms with E-state index in [2.05, 4.69) is 14.8 Å². The first-order valence-electron chi connectivity index (χ1n) is 11.3. The van der Waals surface area contributed by atoms with Gasteiger partial charge in [0.2, 0.25) is 0 Å². The van der Waals surface area contributed by atoms with Crippen LogP contribution in [0.2, 0.25) is 5.02 Å². The SMILES string of the molecule is Cc1ccc(NS(=O)(=O)c2cc(C(=O)Nc3ccc(S(=O)(=O)Nc4cccc(Cl)c4)cc3)ccc2C)cc1. The van der Waals surface area contributed by atoms with Crippen molar-refractivity contribution in [3.8, 4) is 0 Å². The highest BCUT2D eigenvalue weighted by Crippen LogP contribution is 2.23. The largest absolute Gasteiger partial charge is 0.322 e. The second kappa shape index (κ2) is 10.9. The summed E-state index contributed by atoms with van der Waals surface area (Å²) in [6.45, 7) is 3.54. The fourth-order valence-corrected chi connectivity index (χ4v) is 6.12. The number of carbonyl (C=O) groups is 1. The van der Waals surface area contributed by atoms with Gasteiger partial charge in [0.1, 0.15) is 0 Å². The summed E-state index contributed by atoms with van der Waals surface area (Å²) < 4.78 is 56.3. The molecule has 0 saturated heterocycles. The number of carbonyl (C=O) groups excluding carboxylic acids is 1. The van der Waals surface area contributed by atoms with Gasteiger partial charge in [0.15, 0.2) is 0 Å². The second-order valence-electron chi connectivity index (χ2n) is 8.55. The zero-order valence-electron chi connectivity index (χ0n) is 20.4. The molecule has 0 atom stereocenters. The molecule has 3 N–H and O–H groups in total. The van der Waals surface area contributed by atoms with E-state index < -0.39 is 26.0 Å². The number of halogens is 1. The molecule has 0 fully saturated rings. The van der Waals surface area contributed by atoms with Gasteiger partial charge in [-0.1, -0.05) is 41.4 Å². The van der Waals surface area contributed by atoms with Crippen LogP contribution in [0, 0.1) is 13.8 Å². The molecule has 4 aromatic rings. The highest BCUT2D eigenvalue weighted by Gasteiger charge is 2.20. The van der Waals surface area contributed by atoms with E-state index >= 15 is 0 Å². The topological polar surface area (TPSA) is 121 Å². The van der Waals surface area contributed by atoms with Gasteiger partial charge >= 0.3 is 0 Å². The summed E-state index contributed by atoms with van der Waals surface area (Å²) in [4.78, 5) is 12.8. The van der Waals surface area contributed by atoms with Gasteiger partial charge in [-0.2, -0.15) is 0 Å². The highest BCUT2D eigenvalue weighted by molar-refractivity contribution is 7.93. The smallest absolute Gasteiger partial charge is 0.262 e. The predicted molar refractivity (Wildman–Crippen MR) is 150 cm³/mol. The molecule has 0 saturated carbocycles. The van der Waals surface area contributed by atoms with E-state index in [0.29, 0.717) is 27.6 Å². The molecule has 11 heteroatoms. The van der Waals surface area contributed by atoms with E-state index in [1.807, 2.05) is 6.92 Å². The molecule has 0 unspecified atom stereocenters. The first kappa shape index (κ1) is 27.2. The van der Waals surface area contributed by atoms with E-state index in [-0.39, 0.29) is 15.4 Å². The van der Waals surface area contributed by atoms with Crippen LogP contribution in [0.1, 0.15) is 21.5 Å². The minimum Gasteiger partial charge on any atom is -0.322 e. The summed E-state index contributed by atoms with van der Waals surface area (Å²) in [6.07, 6.45) is 0. The van der Waals surface area contributed by atoms with Crippen molar-refractivity contribution in [2.24, 2.45) is 0 Å². The van der Waals surface area contributed by atoms with Gasteiger partial charge < -0.3 is 5.32 Å². The van der Waals surface area contributed by atoms with Crippen LogP contribution in [0.4, 0.5) is 17.1 Å². The molecule has 4 rings (SSSR count). The Hall–Kier alpha value is -3.86. The normalized spacial score (nSPS) is 11.6. The summed E-state index contributed by atoms with van der Waals surface area (Å²) in [5.74, 6) is -0.551. The Morgan fingerprint density at radius 2 is 1.32 bits per heavy atom. The van der Waals surface area contributed by atoms with Crippen LogP contribution in [0.5, 0.6) is 0 Å². The van der Waals surface area contributed by atoms with Crippen LogP contribution >= 0.6 is 11.6 Å². The molecule has 0 aliphatic heterocycles. The second-order valence-corrected chi connectivity index (χ2v) is 12.3. The van der Waals surface area contributed by atoms with Crippen molar-refractivity contribution in [2.75, 3.05) is 14.8 Å². The third kappa shape index (κ3) is 6.52. The molecular formula is C27H24ClN3O5S2. The van der Waals surface area contributed by atoms with Gasteiger partial charge in [0.05, 0.1) is 15.5 Å². The average Bonchev–Trinajstić information content (AvgIpc) is 2.85. The fourth-order valence-electron chi connectivity index (χ4n) is 3.55. The Bertz CT molecular complexity index is 1700. The van der Waals surface area contributed by atoms with Crippen molar-refractivity contribution in [1.82, 2.24) is 0 Å². The first-order chi connectivity index (χ1) is 17.9. The molecule has 1 amide bonds. The number of aryl methyl sites for hydroxylation is 2. The summed E-state index contributed by atoms with van der Waals surface area (Å²) in [6, 6.07) is 23.2. The van der Waals surface area contributed by atoms with Gasteiger partial charge in [0, 0.05) is 22.0 Å². The van der Waals surface area contributed by atoms with Crippen molar-refractivity contribution >= 4 is 54.6 Å².